The van der Waals surface area contributed by atoms with Gasteiger partial charge in [0.1, 0.15) is 11.2 Å². The zero-order valence-electron chi connectivity index (χ0n) is 19.2. The Balaban J connectivity index is 1.47. The third-order valence-corrected chi connectivity index (χ3v) is 6.21. The Morgan fingerprint density at radius 3 is 2.71 bits per heavy atom. The molecule has 35 heavy (non-hydrogen) atoms. The number of aromatic nitrogens is 5. The van der Waals surface area contributed by atoms with Gasteiger partial charge in [-0.2, -0.15) is 10.4 Å². The van der Waals surface area contributed by atoms with Gasteiger partial charge in [0.05, 0.1) is 30.9 Å². The van der Waals surface area contributed by atoms with E-state index in [1.165, 1.54) is 6.07 Å². The molecule has 0 N–H and O–H groups in total. The second-order valence-corrected chi connectivity index (χ2v) is 8.45. The van der Waals surface area contributed by atoms with Crippen molar-refractivity contribution in [2.45, 2.75) is 31.7 Å². The van der Waals surface area contributed by atoms with Gasteiger partial charge in [-0.05, 0) is 61.2 Å². The summed E-state index contributed by atoms with van der Waals surface area (Å²) in [5.74, 6) is -0.398. The van der Waals surface area contributed by atoms with Gasteiger partial charge in [-0.1, -0.05) is 18.2 Å². The summed E-state index contributed by atoms with van der Waals surface area (Å²) in [5.41, 5.74) is 1.83. The molecule has 0 amide bonds. The number of hydrogen-bond donors (Lipinski definition) is 0. The summed E-state index contributed by atoms with van der Waals surface area (Å²) < 4.78 is 36.6. The topological polar surface area (TPSA) is 81.5 Å². The van der Waals surface area contributed by atoms with E-state index >= 15 is 0 Å². The number of imidazole rings is 1. The number of halogens is 2. The number of ether oxygens (including phenoxy) is 1. The first-order chi connectivity index (χ1) is 16.9. The first-order valence-electron chi connectivity index (χ1n) is 11.1. The number of fused-ring (bicyclic) bond motifs is 1. The smallest absolute Gasteiger partial charge is 0.174 e. The molecule has 1 atom stereocenters. The summed E-state index contributed by atoms with van der Waals surface area (Å²) in [5, 5.41) is 14.7. The van der Waals surface area contributed by atoms with Crippen molar-refractivity contribution in [1.82, 2.24) is 24.3 Å². The molecule has 5 rings (SSSR count). The Kier molecular flexibility index (Phi) is 5.65. The maximum absolute atomic E-state index is 14.0. The molecule has 0 saturated carbocycles. The molecule has 176 valence electrons. The molecule has 0 fully saturated rings. The van der Waals surface area contributed by atoms with E-state index in [4.69, 9.17) is 4.74 Å². The van der Waals surface area contributed by atoms with Crippen molar-refractivity contribution < 1.29 is 13.5 Å². The average molecular weight is 472 g/mol. The normalized spacial score (nSPS) is 17.3. The van der Waals surface area contributed by atoms with Crippen LogP contribution in [0.3, 0.4) is 0 Å². The van der Waals surface area contributed by atoms with Gasteiger partial charge in [-0.25, -0.2) is 23.4 Å². The Bertz CT molecular complexity index is 1480. The number of nitriles is 1. The lowest BCUT2D eigenvalue weighted by atomic mass is 9.75. The minimum atomic E-state index is -1.19. The predicted molar refractivity (Wildman–Crippen MR) is 126 cm³/mol. The molecule has 0 radical (unpaired) electrons. The summed E-state index contributed by atoms with van der Waals surface area (Å²) in [6.45, 7) is 2.52. The second kappa shape index (κ2) is 8.80. The van der Waals surface area contributed by atoms with Crippen LogP contribution in [0.4, 0.5) is 8.78 Å². The standard InChI is InChI=1S/C26H22F2N6O/c1-17-14-33(16-30-17)22-8-4-18(12-23(22)35-2)5-9-24-31-25-26(15-29,10-3-11-34(25)32-24)19-6-7-20(27)21(28)13-19/h4-9,12-14,16H,3,10-11H2,1-2H3/b9-5+/t26-/m1/s1. The number of benzene rings is 2. The van der Waals surface area contributed by atoms with E-state index in [2.05, 4.69) is 21.1 Å². The maximum Gasteiger partial charge on any atom is 0.174 e. The molecule has 2 aromatic heterocycles. The highest BCUT2D eigenvalue weighted by atomic mass is 19.2. The van der Waals surface area contributed by atoms with E-state index in [0.29, 0.717) is 42.3 Å². The first kappa shape index (κ1) is 22.5. The Labute approximate surface area is 200 Å². The Morgan fingerprint density at radius 1 is 1.14 bits per heavy atom. The van der Waals surface area contributed by atoms with Crippen LogP contribution in [0.15, 0.2) is 48.9 Å². The zero-order chi connectivity index (χ0) is 24.6. The van der Waals surface area contributed by atoms with E-state index in [1.807, 2.05) is 42.0 Å². The van der Waals surface area contributed by atoms with Crippen molar-refractivity contribution in [2.24, 2.45) is 0 Å². The van der Waals surface area contributed by atoms with Crippen LogP contribution in [0.5, 0.6) is 5.75 Å². The van der Waals surface area contributed by atoms with Gasteiger partial charge >= 0.3 is 0 Å². The van der Waals surface area contributed by atoms with Crippen molar-refractivity contribution >= 4 is 12.2 Å². The van der Waals surface area contributed by atoms with Crippen molar-refractivity contribution in [3.8, 4) is 17.5 Å². The van der Waals surface area contributed by atoms with Gasteiger partial charge in [-0.15, -0.1) is 0 Å². The van der Waals surface area contributed by atoms with Crippen LogP contribution < -0.4 is 4.74 Å². The number of methoxy groups -OCH3 is 1. The monoisotopic (exact) mass is 472 g/mol. The van der Waals surface area contributed by atoms with Crippen molar-refractivity contribution in [1.29, 1.82) is 5.26 Å². The molecule has 0 unspecified atom stereocenters. The largest absolute Gasteiger partial charge is 0.495 e. The molecule has 1 aliphatic rings. The molecule has 3 heterocycles. The van der Waals surface area contributed by atoms with E-state index in [-0.39, 0.29) is 0 Å². The summed E-state index contributed by atoms with van der Waals surface area (Å²) >= 11 is 0. The molecular formula is C26H22F2N6O. The Hall–Kier alpha value is -4.32. The van der Waals surface area contributed by atoms with E-state index in [1.54, 1.807) is 24.2 Å². The Morgan fingerprint density at radius 2 is 2.00 bits per heavy atom. The fourth-order valence-electron chi connectivity index (χ4n) is 4.45. The highest BCUT2D eigenvalue weighted by Crippen LogP contribution is 2.39. The lowest BCUT2D eigenvalue weighted by Gasteiger charge is -2.30. The highest BCUT2D eigenvalue weighted by Gasteiger charge is 2.42. The van der Waals surface area contributed by atoms with Crippen LogP contribution in [0, 0.1) is 29.9 Å². The highest BCUT2D eigenvalue weighted by molar-refractivity contribution is 5.69. The zero-order valence-corrected chi connectivity index (χ0v) is 19.2. The lowest BCUT2D eigenvalue weighted by molar-refractivity contribution is 0.390. The van der Waals surface area contributed by atoms with E-state index < -0.39 is 17.0 Å². The second-order valence-electron chi connectivity index (χ2n) is 8.45. The quantitative estimate of drug-likeness (QED) is 0.416. The van der Waals surface area contributed by atoms with Gasteiger partial charge < -0.3 is 9.30 Å². The van der Waals surface area contributed by atoms with Crippen molar-refractivity contribution in [3.05, 3.63) is 89.0 Å². The third kappa shape index (κ3) is 3.97. The molecule has 0 bridgehead atoms. The van der Waals surface area contributed by atoms with Crippen LogP contribution in [0.2, 0.25) is 0 Å². The van der Waals surface area contributed by atoms with Gasteiger partial charge in [0.2, 0.25) is 0 Å². The average Bonchev–Trinajstić information content (AvgIpc) is 3.50. The number of aryl methyl sites for hydroxylation is 2. The number of hydrogen-bond acceptors (Lipinski definition) is 5. The minimum absolute atomic E-state index is 0.373. The lowest BCUT2D eigenvalue weighted by Crippen LogP contribution is -2.34. The van der Waals surface area contributed by atoms with E-state index in [0.717, 1.165) is 29.1 Å². The van der Waals surface area contributed by atoms with Gasteiger partial charge in [-0.3, -0.25) is 0 Å². The predicted octanol–water partition coefficient (Wildman–Crippen LogP) is 4.83. The molecular weight excluding hydrogens is 450 g/mol. The van der Waals surface area contributed by atoms with Crippen molar-refractivity contribution in [3.63, 3.8) is 0 Å². The van der Waals surface area contributed by atoms with Gasteiger partial charge in [0.25, 0.3) is 0 Å². The van der Waals surface area contributed by atoms with Crippen LogP contribution in [-0.4, -0.2) is 31.4 Å². The molecule has 0 aliphatic carbocycles. The van der Waals surface area contributed by atoms with Crippen LogP contribution >= 0.6 is 0 Å². The number of rotatable bonds is 5. The van der Waals surface area contributed by atoms with Crippen LogP contribution in [0.1, 0.15) is 41.3 Å². The molecule has 0 saturated heterocycles. The van der Waals surface area contributed by atoms with Crippen LogP contribution in [-0.2, 0) is 12.0 Å². The molecule has 7 nitrogen and oxygen atoms in total. The van der Waals surface area contributed by atoms with Crippen LogP contribution in [0.25, 0.3) is 17.8 Å². The molecule has 1 aliphatic heterocycles. The number of nitrogens with zero attached hydrogens (tertiary/aromatic N) is 6. The first-order valence-corrected chi connectivity index (χ1v) is 11.1. The van der Waals surface area contributed by atoms with Gasteiger partial charge in [0.15, 0.2) is 23.3 Å². The summed E-state index contributed by atoms with van der Waals surface area (Å²) in [6.07, 6.45) is 8.38. The summed E-state index contributed by atoms with van der Waals surface area (Å²) in [4.78, 5) is 8.87. The molecule has 9 heteroatoms. The molecule has 2 aromatic carbocycles. The summed E-state index contributed by atoms with van der Waals surface area (Å²) in [7, 11) is 1.61. The van der Waals surface area contributed by atoms with E-state index in [9.17, 15) is 14.0 Å². The fraction of sp³-hybridized carbons (Fsp3) is 0.231. The van der Waals surface area contributed by atoms with Crippen molar-refractivity contribution in [2.75, 3.05) is 7.11 Å². The third-order valence-electron chi connectivity index (χ3n) is 6.21. The molecule has 0 spiro atoms. The summed E-state index contributed by atoms with van der Waals surface area (Å²) in [6, 6.07) is 11.6. The fourth-order valence-corrected chi connectivity index (χ4v) is 4.45. The maximum atomic E-state index is 14.0. The van der Waals surface area contributed by atoms with Gasteiger partial charge in [0, 0.05) is 12.7 Å². The minimum Gasteiger partial charge on any atom is -0.495 e. The SMILES string of the molecule is COc1cc(/C=C/c2nc3n(n2)CCC[C@@]3(C#N)c2ccc(F)c(F)c2)ccc1-n1cnc(C)c1. The molecule has 4 aromatic rings.